The number of hydrogen-bond donors (Lipinski definition) is 0. The highest BCUT2D eigenvalue weighted by Gasteiger charge is 2.31. The van der Waals surface area contributed by atoms with Crippen molar-refractivity contribution in [1.29, 1.82) is 0 Å². The fourth-order valence-electron chi connectivity index (χ4n) is 4.73. The molecule has 2 saturated heterocycles. The smallest absolute Gasteiger partial charge is 0.337 e. The maximum Gasteiger partial charge on any atom is 0.337 e. The van der Waals surface area contributed by atoms with Gasteiger partial charge in [0.2, 0.25) is 0 Å². The largest absolute Gasteiger partial charge is 0.465 e. The van der Waals surface area contributed by atoms with Crippen LogP contribution in [-0.2, 0) is 9.47 Å². The fraction of sp³-hybridized carbons (Fsp3) is 0.360. The molecule has 3 heterocycles. The zero-order chi connectivity index (χ0) is 22.9. The Kier molecular flexibility index (Phi) is 5.76. The molecule has 0 aliphatic carbocycles. The maximum atomic E-state index is 13.5. The zero-order valence-electron chi connectivity index (χ0n) is 18.4. The first-order valence-corrected chi connectivity index (χ1v) is 11.1. The van der Waals surface area contributed by atoms with E-state index in [9.17, 15) is 14.0 Å². The van der Waals surface area contributed by atoms with Crippen molar-refractivity contribution in [2.75, 3.05) is 49.8 Å². The number of methoxy groups -OCH3 is 1. The van der Waals surface area contributed by atoms with E-state index in [0.717, 1.165) is 30.6 Å². The highest BCUT2D eigenvalue weighted by Crippen LogP contribution is 2.40. The minimum atomic E-state index is -0.513. The van der Waals surface area contributed by atoms with Gasteiger partial charge in [0, 0.05) is 37.0 Å². The number of carbonyl (C=O) groups excluding carboxylic acids is 1. The Labute approximate surface area is 190 Å². The third-order valence-electron chi connectivity index (χ3n) is 6.36. The summed E-state index contributed by atoms with van der Waals surface area (Å²) in [6.07, 6.45) is 1.72. The Balaban J connectivity index is 1.67. The van der Waals surface area contributed by atoms with Gasteiger partial charge in [-0.1, -0.05) is 0 Å². The standard InChI is InChI=1S/C25H25FN2O5/c1-31-25(30)16-13-19(21-3-2-8-28(21)18-6-4-17(26)5-7-18)24-20(14-16)22(29)15-23(33-24)27-9-11-32-12-10-27/h4-7,13-15,21H,2-3,8-12H2,1H3/t21-/m1/s1. The summed E-state index contributed by atoms with van der Waals surface area (Å²) < 4.78 is 30.2. The van der Waals surface area contributed by atoms with E-state index in [1.807, 2.05) is 4.90 Å². The Hall–Kier alpha value is -3.39. The van der Waals surface area contributed by atoms with Gasteiger partial charge in [-0.3, -0.25) is 4.79 Å². The van der Waals surface area contributed by atoms with Gasteiger partial charge in [0.25, 0.3) is 0 Å². The molecule has 0 radical (unpaired) electrons. The van der Waals surface area contributed by atoms with Crippen LogP contribution in [0, 0.1) is 5.82 Å². The summed E-state index contributed by atoms with van der Waals surface area (Å²) in [5.74, 6) is -0.316. The van der Waals surface area contributed by atoms with Gasteiger partial charge in [0.1, 0.15) is 11.4 Å². The highest BCUT2D eigenvalue weighted by molar-refractivity contribution is 5.95. The molecule has 0 N–H and O–H groups in total. The summed E-state index contributed by atoms with van der Waals surface area (Å²) in [6, 6.07) is 11.0. The highest BCUT2D eigenvalue weighted by atomic mass is 19.1. The Morgan fingerprint density at radius 2 is 1.85 bits per heavy atom. The lowest BCUT2D eigenvalue weighted by molar-refractivity contribution is 0.0600. The molecule has 0 saturated carbocycles. The van der Waals surface area contributed by atoms with Gasteiger partial charge in [-0.2, -0.15) is 0 Å². The molecule has 7 nitrogen and oxygen atoms in total. The van der Waals surface area contributed by atoms with E-state index in [1.165, 1.54) is 31.4 Å². The Morgan fingerprint density at radius 3 is 2.58 bits per heavy atom. The van der Waals surface area contributed by atoms with Crippen molar-refractivity contribution in [3.05, 3.63) is 69.6 Å². The molecule has 0 bridgehead atoms. The predicted molar refractivity (Wildman–Crippen MR) is 123 cm³/mol. The van der Waals surface area contributed by atoms with Crippen molar-refractivity contribution in [3.8, 4) is 0 Å². The van der Waals surface area contributed by atoms with E-state index in [-0.39, 0.29) is 17.3 Å². The first-order chi connectivity index (χ1) is 16.0. The van der Waals surface area contributed by atoms with Gasteiger partial charge >= 0.3 is 5.97 Å². The third-order valence-corrected chi connectivity index (χ3v) is 6.36. The van der Waals surface area contributed by atoms with Crippen molar-refractivity contribution in [2.24, 2.45) is 0 Å². The normalized spacial score (nSPS) is 18.7. The number of halogens is 1. The van der Waals surface area contributed by atoms with Crippen LogP contribution in [0.3, 0.4) is 0 Å². The number of rotatable bonds is 4. The number of ether oxygens (including phenoxy) is 2. The maximum absolute atomic E-state index is 13.5. The minimum absolute atomic E-state index is 0.134. The summed E-state index contributed by atoms with van der Waals surface area (Å²) in [5, 5.41) is 0.343. The van der Waals surface area contributed by atoms with Gasteiger partial charge in [0.05, 0.1) is 37.3 Å². The van der Waals surface area contributed by atoms with E-state index in [0.29, 0.717) is 48.7 Å². The quantitative estimate of drug-likeness (QED) is 0.556. The third kappa shape index (κ3) is 4.06. The van der Waals surface area contributed by atoms with E-state index in [1.54, 1.807) is 18.2 Å². The molecule has 2 aliphatic heterocycles. The summed E-state index contributed by atoms with van der Waals surface area (Å²) in [6.45, 7) is 3.17. The van der Waals surface area contributed by atoms with Crippen LogP contribution in [-0.4, -0.2) is 45.9 Å². The Morgan fingerprint density at radius 1 is 1.09 bits per heavy atom. The molecule has 172 valence electrons. The van der Waals surface area contributed by atoms with E-state index in [2.05, 4.69) is 4.90 Å². The molecule has 0 amide bonds. The molecule has 0 unspecified atom stereocenters. The monoisotopic (exact) mass is 452 g/mol. The fourth-order valence-corrected chi connectivity index (χ4v) is 4.73. The number of anilines is 2. The van der Waals surface area contributed by atoms with Gasteiger partial charge in [-0.15, -0.1) is 0 Å². The molecule has 1 aromatic heterocycles. The number of nitrogens with zero attached hydrogens (tertiary/aromatic N) is 2. The van der Waals surface area contributed by atoms with Crippen LogP contribution in [0.25, 0.3) is 11.0 Å². The molecule has 0 spiro atoms. The van der Waals surface area contributed by atoms with Crippen molar-refractivity contribution >= 4 is 28.5 Å². The van der Waals surface area contributed by atoms with Gasteiger partial charge < -0.3 is 23.7 Å². The number of esters is 1. The number of morpholine rings is 1. The molecule has 8 heteroatoms. The summed E-state index contributed by atoms with van der Waals surface area (Å²) in [5.41, 5.74) is 2.19. The van der Waals surface area contributed by atoms with Crippen molar-refractivity contribution < 1.29 is 23.1 Å². The molecular formula is C25H25FN2O5. The van der Waals surface area contributed by atoms with Crippen LogP contribution in [0.5, 0.6) is 0 Å². The van der Waals surface area contributed by atoms with Crippen molar-refractivity contribution in [3.63, 3.8) is 0 Å². The second kappa shape index (κ2) is 8.86. The minimum Gasteiger partial charge on any atom is -0.465 e. The number of carbonyl (C=O) groups is 1. The van der Waals surface area contributed by atoms with Crippen LogP contribution in [0.1, 0.15) is 34.8 Å². The van der Waals surface area contributed by atoms with Crippen LogP contribution in [0.2, 0.25) is 0 Å². The predicted octanol–water partition coefficient (Wildman–Crippen LogP) is 3.90. The van der Waals surface area contributed by atoms with Gasteiger partial charge in [-0.05, 0) is 49.2 Å². The average molecular weight is 452 g/mol. The second-order valence-corrected chi connectivity index (χ2v) is 8.31. The number of benzene rings is 2. The molecule has 1 atom stereocenters. The lowest BCUT2D eigenvalue weighted by Gasteiger charge is -2.29. The first-order valence-electron chi connectivity index (χ1n) is 11.1. The summed E-state index contributed by atoms with van der Waals surface area (Å²) in [7, 11) is 1.32. The molecule has 2 aliphatic rings. The molecule has 3 aromatic rings. The SMILES string of the molecule is COC(=O)c1cc([C@H]2CCCN2c2ccc(F)cc2)c2oc(N3CCOCC3)cc(=O)c2c1. The number of fused-ring (bicyclic) bond motifs is 1. The lowest BCUT2D eigenvalue weighted by atomic mass is 9.98. The van der Waals surface area contributed by atoms with E-state index < -0.39 is 5.97 Å². The van der Waals surface area contributed by atoms with Crippen molar-refractivity contribution in [1.82, 2.24) is 0 Å². The topological polar surface area (TPSA) is 72.2 Å². The summed E-state index contributed by atoms with van der Waals surface area (Å²) >= 11 is 0. The summed E-state index contributed by atoms with van der Waals surface area (Å²) in [4.78, 5) is 29.7. The molecule has 33 heavy (non-hydrogen) atoms. The molecule has 2 fully saturated rings. The molecule has 5 rings (SSSR count). The van der Waals surface area contributed by atoms with Crippen LogP contribution >= 0.6 is 0 Å². The van der Waals surface area contributed by atoms with Gasteiger partial charge in [0.15, 0.2) is 11.3 Å². The van der Waals surface area contributed by atoms with Crippen LogP contribution < -0.4 is 15.2 Å². The number of hydrogen-bond acceptors (Lipinski definition) is 7. The Bertz CT molecular complexity index is 1230. The lowest BCUT2D eigenvalue weighted by Crippen LogP contribution is -2.36. The average Bonchev–Trinajstić information content (AvgIpc) is 3.33. The van der Waals surface area contributed by atoms with Crippen LogP contribution in [0.15, 0.2) is 51.7 Å². The van der Waals surface area contributed by atoms with E-state index in [4.69, 9.17) is 13.9 Å². The van der Waals surface area contributed by atoms with E-state index >= 15 is 0 Å². The second-order valence-electron chi connectivity index (χ2n) is 8.31. The first kappa shape index (κ1) is 21.5. The van der Waals surface area contributed by atoms with Gasteiger partial charge in [-0.25, -0.2) is 9.18 Å². The van der Waals surface area contributed by atoms with Crippen LogP contribution in [0.4, 0.5) is 16.0 Å². The van der Waals surface area contributed by atoms with Crippen molar-refractivity contribution in [2.45, 2.75) is 18.9 Å². The molecular weight excluding hydrogens is 427 g/mol. The molecule has 2 aromatic carbocycles. The zero-order valence-corrected chi connectivity index (χ0v) is 18.4.